The van der Waals surface area contributed by atoms with Crippen molar-refractivity contribution >= 4 is 141 Å². The van der Waals surface area contributed by atoms with Crippen LogP contribution in [0.4, 0.5) is 0 Å². The van der Waals surface area contributed by atoms with Crippen LogP contribution in [0.15, 0.2) is 352 Å². The lowest BCUT2D eigenvalue weighted by molar-refractivity contribution is 1.18. The molecule has 0 fully saturated rings. The van der Waals surface area contributed by atoms with Gasteiger partial charge in [-0.1, -0.05) is 231 Å². The van der Waals surface area contributed by atoms with E-state index in [1.54, 1.807) is 0 Å². The number of rotatable bonds is 6. The van der Waals surface area contributed by atoms with Gasteiger partial charge < -0.3 is 18.3 Å². The number of para-hydroxylation sites is 6. The van der Waals surface area contributed by atoms with Crippen molar-refractivity contribution in [1.82, 2.24) is 18.3 Å². The van der Waals surface area contributed by atoms with Crippen molar-refractivity contribution in [2.75, 3.05) is 0 Å². The maximum atomic E-state index is 2.44. The van der Waals surface area contributed by atoms with E-state index in [-0.39, 0.29) is 0 Å². The van der Waals surface area contributed by atoms with Gasteiger partial charge in [-0.15, -0.1) is 0 Å². The lowest BCUT2D eigenvalue weighted by atomic mass is 9.94. The van der Waals surface area contributed by atoms with Crippen LogP contribution in [0.3, 0.4) is 0 Å². The third-order valence-corrected chi connectivity index (χ3v) is 20.4. The molecule has 4 heteroatoms. The van der Waals surface area contributed by atoms with Gasteiger partial charge in [0.15, 0.2) is 0 Å². The van der Waals surface area contributed by atoms with Crippen molar-refractivity contribution in [1.29, 1.82) is 0 Å². The van der Waals surface area contributed by atoms with Gasteiger partial charge in [0, 0.05) is 65.8 Å². The molecule has 0 saturated heterocycles. The second-order valence-electron chi connectivity index (χ2n) is 25.5. The predicted octanol–water partition coefficient (Wildman–Crippen LogP) is 24.9. The number of aromatic nitrogens is 4. The summed E-state index contributed by atoms with van der Waals surface area (Å²) in [5.74, 6) is 0. The molecule has 0 radical (unpaired) electrons. The van der Waals surface area contributed by atoms with Crippen LogP contribution in [0.1, 0.15) is 0 Å². The second-order valence-corrected chi connectivity index (χ2v) is 25.5. The van der Waals surface area contributed by atoms with E-state index < -0.39 is 0 Å². The molecule has 0 spiro atoms. The quantitative estimate of drug-likeness (QED) is 0.148. The Morgan fingerprint density at radius 3 is 0.781 bits per heavy atom. The van der Waals surface area contributed by atoms with E-state index in [0.29, 0.717) is 0 Å². The first-order valence-electron chi connectivity index (χ1n) is 33.1. The van der Waals surface area contributed by atoms with Gasteiger partial charge in [0.25, 0.3) is 0 Å². The summed E-state index contributed by atoms with van der Waals surface area (Å²) in [5.41, 5.74) is 19.3. The van der Waals surface area contributed by atoms with E-state index in [9.17, 15) is 0 Å². The fourth-order valence-corrected chi connectivity index (χ4v) is 16.0. The smallest absolute Gasteiger partial charge is 0.0541 e. The molecule has 21 rings (SSSR count). The summed E-state index contributed by atoms with van der Waals surface area (Å²) in [6, 6.07) is 129. The Hall–Kier alpha value is -12.8. The normalized spacial score (nSPS) is 12.0. The first-order valence-corrected chi connectivity index (χ1v) is 33.1. The monoisotopic (exact) mass is 1220 g/mol. The third-order valence-electron chi connectivity index (χ3n) is 20.4. The second kappa shape index (κ2) is 21.4. The molecule has 0 N–H and O–H groups in total. The minimum Gasteiger partial charge on any atom is -0.309 e. The first kappa shape index (κ1) is 53.9. The van der Waals surface area contributed by atoms with E-state index >= 15 is 0 Å². The van der Waals surface area contributed by atoms with Crippen LogP contribution in [0, 0.1) is 0 Å². The number of nitrogens with zero attached hydrogens (tertiary/aromatic N) is 4. The van der Waals surface area contributed by atoms with E-state index in [1.807, 2.05) is 0 Å². The molecule has 446 valence electrons. The average molecular weight is 1220 g/mol. The van der Waals surface area contributed by atoms with Crippen molar-refractivity contribution in [3.05, 3.63) is 352 Å². The highest BCUT2D eigenvalue weighted by Gasteiger charge is 2.20. The molecular weight excluding hydrogens is 1160 g/mol. The highest BCUT2D eigenvalue weighted by atomic mass is 15.0. The molecule has 0 aliphatic heterocycles. The fraction of sp³-hybridized carbons (Fsp3) is 0. The van der Waals surface area contributed by atoms with Gasteiger partial charge in [-0.05, 0) is 197 Å². The molecule has 0 bridgehead atoms. The summed E-state index contributed by atoms with van der Waals surface area (Å²) in [6.07, 6.45) is 0. The largest absolute Gasteiger partial charge is 0.309 e. The van der Waals surface area contributed by atoms with Crippen molar-refractivity contribution in [3.8, 4) is 45.0 Å². The minimum absolute atomic E-state index is 1.17. The molecular formula is C92H58N4. The van der Waals surface area contributed by atoms with E-state index in [1.165, 1.54) is 186 Å². The van der Waals surface area contributed by atoms with Crippen molar-refractivity contribution in [3.63, 3.8) is 0 Å². The zero-order valence-electron chi connectivity index (χ0n) is 52.3. The van der Waals surface area contributed by atoms with Crippen LogP contribution in [0.25, 0.3) is 186 Å². The Morgan fingerprint density at radius 1 is 0.125 bits per heavy atom. The zero-order valence-corrected chi connectivity index (χ0v) is 52.3. The average Bonchev–Trinajstić information content (AvgIpc) is 1.56. The summed E-state index contributed by atoms with van der Waals surface area (Å²) in [4.78, 5) is 0. The van der Waals surface area contributed by atoms with Crippen LogP contribution < -0.4 is 0 Å². The summed E-state index contributed by atoms with van der Waals surface area (Å²) < 4.78 is 9.61. The zero-order chi connectivity index (χ0) is 63.0. The Kier molecular flexibility index (Phi) is 12.0. The van der Waals surface area contributed by atoms with E-state index in [2.05, 4.69) is 370 Å². The Morgan fingerprint density at radius 2 is 0.385 bits per heavy atom. The van der Waals surface area contributed by atoms with Crippen molar-refractivity contribution in [2.24, 2.45) is 0 Å². The first-order chi connectivity index (χ1) is 47.6. The van der Waals surface area contributed by atoms with Gasteiger partial charge in [-0.2, -0.15) is 0 Å². The summed E-state index contributed by atoms with van der Waals surface area (Å²) in [6.45, 7) is 0. The number of benzene rings is 17. The van der Waals surface area contributed by atoms with Crippen molar-refractivity contribution in [2.45, 2.75) is 0 Å². The standard InChI is InChI=1S/C48H30N2.C44H28N2/c1-2-12-33(13-3-1)49-45-20-10-8-18-40(45)43-28-31(22-26-47(43)49)32-23-27-48-44(29-32)41-19-9-11-21-46(41)50(48)34-24-25-39-37-16-5-4-14-35(37)36-15-6-7-17-38(36)42(39)30-34;1-2-11-33(12-3-1)45-41-16-8-6-14-36(41)39-26-31(21-24-43(39)45)32-22-25-44-40(27-32)37-15-7-9-17-42(37)46(44)34-23-20-30-19-18-29-10-4-5-13-35(29)38(30)28-34/h1-30H;1-28H. The highest BCUT2D eigenvalue weighted by Crippen LogP contribution is 2.43. The Balaban J connectivity index is 0.000000132. The molecule has 96 heavy (non-hydrogen) atoms. The molecule has 4 nitrogen and oxygen atoms in total. The van der Waals surface area contributed by atoms with Gasteiger partial charge in [-0.25, -0.2) is 0 Å². The highest BCUT2D eigenvalue weighted by molar-refractivity contribution is 6.26. The molecule has 0 atom stereocenters. The lowest BCUT2D eigenvalue weighted by Gasteiger charge is -2.14. The number of fused-ring (bicyclic) bond motifs is 21. The molecule has 0 aliphatic rings. The van der Waals surface area contributed by atoms with Crippen LogP contribution in [0.2, 0.25) is 0 Å². The molecule has 0 unspecified atom stereocenters. The molecule has 17 aromatic carbocycles. The SMILES string of the molecule is c1ccc(-n2c3ccccc3c3cc(-c4ccc5c(c4)c4ccccc4n5-c4ccc5c6ccccc6c6ccccc6c5c4)ccc32)cc1.c1ccc(-n2c3ccccc3c3cc(-c4ccc5c(c4)c4ccccc4n5-c4ccc5ccc6ccccc6c5c4)ccc32)cc1. The van der Waals surface area contributed by atoms with E-state index in [4.69, 9.17) is 0 Å². The fourth-order valence-electron chi connectivity index (χ4n) is 16.0. The van der Waals surface area contributed by atoms with Gasteiger partial charge in [0.1, 0.15) is 0 Å². The minimum atomic E-state index is 1.17. The van der Waals surface area contributed by atoms with Gasteiger partial charge in [0.05, 0.1) is 44.1 Å². The molecule has 4 aromatic heterocycles. The Labute approximate surface area is 552 Å². The Bertz CT molecular complexity index is 6720. The molecule has 4 heterocycles. The topological polar surface area (TPSA) is 19.7 Å². The molecule has 0 saturated carbocycles. The predicted molar refractivity (Wildman–Crippen MR) is 409 cm³/mol. The number of hydrogen-bond acceptors (Lipinski definition) is 0. The van der Waals surface area contributed by atoms with Crippen LogP contribution in [-0.4, -0.2) is 18.3 Å². The van der Waals surface area contributed by atoms with E-state index in [0.717, 1.165) is 0 Å². The van der Waals surface area contributed by atoms with Gasteiger partial charge >= 0.3 is 0 Å². The summed E-state index contributed by atoms with van der Waals surface area (Å²) in [7, 11) is 0. The van der Waals surface area contributed by atoms with Gasteiger partial charge in [0.2, 0.25) is 0 Å². The molecule has 0 aliphatic carbocycles. The third kappa shape index (κ3) is 8.29. The van der Waals surface area contributed by atoms with Crippen molar-refractivity contribution < 1.29 is 0 Å². The molecule has 21 aromatic rings. The van der Waals surface area contributed by atoms with Crippen LogP contribution in [-0.2, 0) is 0 Å². The van der Waals surface area contributed by atoms with Gasteiger partial charge in [-0.3, -0.25) is 0 Å². The lowest BCUT2D eigenvalue weighted by Crippen LogP contribution is -1.94. The summed E-state index contributed by atoms with van der Waals surface area (Å²) in [5, 5.41) is 22.9. The maximum absolute atomic E-state index is 2.44. The maximum Gasteiger partial charge on any atom is 0.0541 e. The van der Waals surface area contributed by atoms with Crippen LogP contribution in [0.5, 0.6) is 0 Å². The van der Waals surface area contributed by atoms with Crippen LogP contribution >= 0.6 is 0 Å². The summed E-state index contributed by atoms with van der Waals surface area (Å²) >= 11 is 0. The molecule has 0 amide bonds. The number of hydrogen-bond donors (Lipinski definition) is 0.